The molecule has 2 rings (SSSR count). The Morgan fingerprint density at radius 2 is 1.69 bits per heavy atom. The van der Waals surface area contributed by atoms with Gasteiger partial charge in [0, 0.05) is 17.8 Å². The van der Waals surface area contributed by atoms with Gasteiger partial charge in [0.15, 0.2) is 0 Å². The molecule has 140 valence electrons. The number of carbonyl (C=O) groups excluding carboxylic acids is 1. The largest absolute Gasteiger partial charge is 0.507 e. The van der Waals surface area contributed by atoms with Crippen LogP contribution in [0.1, 0.15) is 45.7 Å². The summed E-state index contributed by atoms with van der Waals surface area (Å²) in [4.78, 5) is 12.7. The third-order valence-electron chi connectivity index (χ3n) is 4.43. The number of nitrogens with one attached hydrogen (secondary N) is 2. The second-order valence-corrected chi connectivity index (χ2v) is 8.02. The maximum Gasteiger partial charge on any atom is 0.241 e. The van der Waals surface area contributed by atoms with Crippen molar-refractivity contribution in [2.75, 3.05) is 5.32 Å². The molecule has 0 spiro atoms. The van der Waals surface area contributed by atoms with E-state index in [1.165, 1.54) is 0 Å². The maximum absolute atomic E-state index is 12.7. The highest BCUT2D eigenvalue weighted by molar-refractivity contribution is 5.95. The summed E-state index contributed by atoms with van der Waals surface area (Å²) in [7, 11) is 0. The van der Waals surface area contributed by atoms with Gasteiger partial charge in [-0.3, -0.25) is 4.79 Å². The van der Waals surface area contributed by atoms with Gasteiger partial charge in [-0.1, -0.05) is 71.0 Å². The zero-order valence-corrected chi connectivity index (χ0v) is 16.3. The molecule has 0 fully saturated rings. The van der Waals surface area contributed by atoms with Crippen LogP contribution in [-0.4, -0.2) is 17.1 Å². The van der Waals surface area contributed by atoms with Crippen molar-refractivity contribution in [3.63, 3.8) is 0 Å². The fraction of sp³-hybridized carbons (Fsp3) is 0.409. The normalized spacial score (nSPS) is 12.8. The third-order valence-corrected chi connectivity index (χ3v) is 4.43. The number of carbonyl (C=O) groups is 1. The Hall–Kier alpha value is -2.33. The van der Waals surface area contributed by atoms with E-state index >= 15 is 0 Å². The van der Waals surface area contributed by atoms with Gasteiger partial charge in [0.1, 0.15) is 5.75 Å². The minimum Gasteiger partial charge on any atom is -0.507 e. The lowest BCUT2D eigenvalue weighted by Crippen LogP contribution is -2.44. The number of phenolic OH excluding ortho intramolecular Hbond substituents is 1. The minimum atomic E-state index is -0.354. The van der Waals surface area contributed by atoms with E-state index in [1.54, 1.807) is 0 Å². The molecule has 3 N–H and O–H groups in total. The molecule has 0 saturated carbocycles. The topological polar surface area (TPSA) is 61.4 Å². The summed E-state index contributed by atoms with van der Waals surface area (Å²) < 4.78 is 0. The monoisotopic (exact) mass is 354 g/mol. The molecule has 4 nitrogen and oxygen atoms in total. The molecule has 0 aliphatic carbocycles. The van der Waals surface area contributed by atoms with Gasteiger partial charge in [-0.2, -0.15) is 0 Å². The quantitative estimate of drug-likeness (QED) is 0.718. The lowest BCUT2D eigenvalue weighted by atomic mass is 9.85. The van der Waals surface area contributed by atoms with Crippen LogP contribution < -0.4 is 10.6 Å². The number of rotatable bonds is 6. The van der Waals surface area contributed by atoms with Crippen LogP contribution in [0.25, 0.3) is 0 Å². The SMILES string of the molecule is CC(C)[C@H](NCc1cccc(C(C)(C)C)c1O)C(=O)Nc1ccccc1. The van der Waals surface area contributed by atoms with Gasteiger partial charge >= 0.3 is 0 Å². The first-order valence-electron chi connectivity index (χ1n) is 9.10. The fourth-order valence-electron chi connectivity index (χ4n) is 2.93. The number of amides is 1. The van der Waals surface area contributed by atoms with E-state index in [2.05, 4.69) is 31.4 Å². The number of benzene rings is 2. The molecule has 2 aromatic carbocycles. The zero-order valence-electron chi connectivity index (χ0n) is 16.3. The average molecular weight is 354 g/mol. The first-order chi connectivity index (χ1) is 12.2. The standard InChI is InChI=1S/C22H30N2O2/c1-15(2)19(21(26)24-17-11-7-6-8-12-17)23-14-16-10-9-13-18(20(16)25)22(3,4)5/h6-13,15,19,23,25H,14H2,1-5H3,(H,24,26)/t19-/m0/s1. The van der Waals surface area contributed by atoms with Crippen molar-refractivity contribution in [2.24, 2.45) is 5.92 Å². The van der Waals surface area contributed by atoms with E-state index in [9.17, 15) is 9.90 Å². The second kappa shape index (κ2) is 8.37. The van der Waals surface area contributed by atoms with Gasteiger partial charge in [0.25, 0.3) is 0 Å². The van der Waals surface area contributed by atoms with Crippen LogP contribution in [0.2, 0.25) is 0 Å². The van der Waals surface area contributed by atoms with Crippen molar-refractivity contribution in [3.05, 3.63) is 59.7 Å². The van der Waals surface area contributed by atoms with E-state index < -0.39 is 0 Å². The molecule has 26 heavy (non-hydrogen) atoms. The molecule has 0 heterocycles. The van der Waals surface area contributed by atoms with Crippen LogP contribution >= 0.6 is 0 Å². The molecule has 0 unspecified atom stereocenters. The molecule has 1 amide bonds. The van der Waals surface area contributed by atoms with Crippen molar-refractivity contribution < 1.29 is 9.90 Å². The zero-order chi connectivity index (χ0) is 19.3. The van der Waals surface area contributed by atoms with Crippen molar-refractivity contribution in [1.29, 1.82) is 0 Å². The Morgan fingerprint density at radius 3 is 2.27 bits per heavy atom. The second-order valence-electron chi connectivity index (χ2n) is 8.02. The molecule has 0 saturated heterocycles. The van der Waals surface area contributed by atoms with E-state index in [0.717, 1.165) is 16.8 Å². The number of para-hydroxylation sites is 2. The fourth-order valence-corrected chi connectivity index (χ4v) is 2.93. The van der Waals surface area contributed by atoms with Gasteiger partial charge in [-0.05, 0) is 29.0 Å². The highest BCUT2D eigenvalue weighted by Gasteiger charge is 2.24. The summed E-state index contributed by atoms with van der Waals surface area (Å²) in [5.74, 6) is 0.350. The Labute approximate surface area is 156 Å². The van der Waals surface area contributed by atoms with Crippen LogP contribution in [0.3, 0.4) is 0 Å². The Morgan fingerprint density at radius 1 is 1.04 bits per heavy atom. The van der Waals surface area contributed by atoms with E-state index in [0.29, 0.717) is 12.3 Å². The minimum absolute atomic E-state index is 0.0716. The van der Waals surface area contributed by atoms with Crippen LogP contribution in [0.15, 0.2) is 48.5 Å². The molecule has 4 heteroatoms. The van der Waals surface area contributed by atoms with Crippen molar-refractivity contribution in [3.8, 4) is 5.75 Å². The number of anilines is 1. The highest BCUT2D eigenvalue weighted by Crippen LogP contribution is 2.33. The van der Waals surface area contributed by atoms with Crippen molar-refractivity contribution >= 4 is 11.6 Å². The predicted molar refractivity (Wildman–Crippen MR) is 107 cm³/mol. The Balaban J connectivity index is 2.11. The van der Waals surface area contributed by atoms with Crippen molar-refractivity contribution in [1.82, 2.24) is 5.32 Å². The summed E-state index contributed by atoms with van der Waals surface area (Å²) in [5, 5.41) is 16.9. The van der Waals surface area contributed by atoms with E-state index in [1.807, 2.05) is 62.4 Å². The van der Waals surface area contributed by atoms with E-state index in [4.69, 9.17) is 0 Å². The van der Waals surface area contributed by atoms with Crippen LogP contribution in [-0.2, 0) is 16.8 Å². The number of phenols is 1. The van der Waals surface area contributed by atoms with Gasteiger partial charge in [0.05, 0.1) is 6.04 Å². The summed E-state index contributed by atoms with van der Waals surface area (Å²) in [6.45, 7) is 10.7. The van der Waals surface area contributed by atoms with Crippen molar-refractivity contribution in [2.45, 2.75) is 52.6 Å². The first kappa shape index (κ1) is 20.0. The third kappa shape index (κ3) is 5.09. The van der Waals surface area contributed by atoms with Crippen LogP contribution in [0.5, 0.6) is 5.75 Å². The van der Waals surface area contributed by atoms with Gasteiger partial charge in [-0.25, -0.2) is 0 Å². The highest BCUT2D eigenvalue weighted by atomic mass is 16.3. The van der Waals surface area contributed by atoms with Crippen LogP contribution in [0, 0.1) is 5.92 Å². The molecule has 0 bridgehead atoms. The first-order valence-corrected chi connectivity index (χ1v) is 9.10. The number of hydrogen-bond acceptors (Lipinski definition) is 3. The maximum atomic E-state index is 12.7. The van der Waals surface area contributed by atoms with E-state index in [-0.39, 0.29) is 23.3 Å². The molecular formula is C22H30N2O2. The molecule has 0 aromatic heterocycles. The van der Waals surface area contributed by atoms with Crippen LogP contribution in [0.4, 0.5) is 5.69 Å². The summed E-state index contributed by atoms with van der Waals surface area (Å²) >= 11 is 0. The lowest BCUT2D eigenvalue weighted by Gasteiger charge is -2.24. The smallest absolute Gasteiger partial charge is 0.241 e. The Kier molecular flexibility index (Phi) is 6.43. The van der Waals surface area contributed by atoms with Gasteiger partial charge < -0.3 is 15.7 Å². The Bertz CT molecular complexity index is 734. The van der Waals surface area contributed by atoms with Gasteiger partial charge in [-0.15, -0.1) is 0 Å². The molecule has 0 aliphatic heterocycles. The summed E-state index contributed by atoms with van der Waals surface area (Å²) in [5.41, 5.74) is 2.35. The molecular weight excluding hydrogens is 324 g/mol. The molecule has 0 aliphatic rings. The predicted octanol–water partition coefficient (Wildman–Crippen LogP) is 4.44. The number of hydrogen-bond donors (Lipinski definition) is 3. The average Bonchev–Trinajstić information content (AvgIpc) is 2.56. The van der Waals surface area contributed by atoms with Gasteiger partial charge in [0.2, 0.25) is 5.91 Å². The molecule has 0 radical (unpaired) electrons. The lowest BCUT2D eigenvalue weighted by molar-refractivity contribution is -0.119. The summed E-state index contributed by atoms with van der Waals surface area (Å²) in [6.07, 6.45) is 0. The molecule has 2 aromatic rings. The molecule has 1 atom stereocenters. The number of aromatic hydroxyl groups is 1. The summed E-state index contributed by atoms with van der Waals surface area (Å²) in [6, 6.07) is 14.9.